The highest BCUT2D eigenvalue weighted by molar-refractivity contribution is 6.02. The quantitative estimate of drug-likeness (QED) is 0.208. The van der Waals surface area contributed by atoms with Gasteiger partial charge in [-0.2, -0.15) is 13.8 Å². The molecule has 0 spiro atoms. The number of aromatic nitrogens is 2. The Morgan fingerprint density at radius 2 is 1.75 bits per heavy atom. The number of ether oxygens (including phenoxy) is 1. The van der Waals surface area contributed by atoms with E-state index in [0.717, 1.165) is 37.4 Å². The van der Waals surface area contributed by atoms with Crippen LogP contribution in [0.2, 0.25) is 0 Å². The van der Waals surface area contributed by atoms with E-state index in [4.69, 9.17) is 4.74 Å². The minimum Gasteiger partial charge on any atom is -0.495 e. The minimum atomic E-state index is -3.61. The average Bonchev–Trinajstić information content (AvgIpc) is 3.28. The van der Waals surface area contributed by atoms with Crippen LogP contribution in [0.4, 0.5) is 47.7 Å². The van der Waals surface area contributed by atoms with Gasteiger partial charge >= 0.3 is 5.92 Å². The van der Waals surface area contributed by atoms with Gasteiger partial charge in [0, 0.05) is 76.6 Å². The molecule has 5 heterocycles. The summed E-state index contributed by atoms with van der Waals surface area (Å²) >= 11 is 0. The van der Waals surface area contributed by atoms with Gasteiger partial charge in [0.2, 0.25) is 17.8 Å². The van der Waals surface area contributed by atoms with Gasteiger partial charge in [0.1, 0.15) is 23.3 Å². The van der Waals surface area contributed by atoms with E-state index in [0.29, 0.717) is 66.9 Å². The number of rotatable bonds is 11. The molecule has 3 fully saturated rings. The summed E-state index contributed by atoms with van der Waals surface area (Å²) in [5, 5.41) is 10.3. The lowest BCUT2D eigenvalue weighted by atomic mass is 9.96. The largest absolute Gasteiger partial charge is 0.495 e. The van der Waals surface area contributed by atoms with Crippen molar-refractivity contribution >= 4 is 58.1 Å². The van der Waals surface area contributed by atoms with Gasteiger partial charge < -0.3 is 30.1 Å². The number of nitrogens with one attached hydrogen (secondary N) is 4. The van der Waals surface area contributed by atoms with Crippen LogP contribution in [0.1, 0.15) is 49.9 Å². The van der Waals surface area contributed by atoms with Crippen molar-refractivity contribution in [2.75, 3.05) is 91.8 Å². The number of halogens is 3. The van der Waals surface area contributed by atoms with Crippen LogP contribution in [0.3, 0.4) is 0 Å². The van der Waals surface area contributed by atoms with Gasteiger partial charge in [-0.25, -0.2) is 14.4 Å². The molecule has 1 atom stereocenters. The Bertz CT molecular complexity index is 2070. The predicted molar refractivity (Wildman–Crippen MR) is 216 cm³/mol. The molecule has 2 aromatic carbocycles. The van der Waals surface area contributed by atoms with E-state index in [1.807, 2.05) is 9.91 Å². The van der Waals surface area contributed by atoms with Crippen molar-refractivity contribution in [3.8, 4) is 5.75 Å². The second kappa shape index (κ2) is 17.3. The van der Waals surface area contributed by atoms with Crippen molar-refractivity contribution in [2.24, 2.45) is 5.92 Å². The topological polar surface area (TPSA) is 168 Å². The number of amides is 4. The molecular formula is C40H50F3N11O5. The van der Waals surface area contributed by atoms with Crippen LogP contribution in [0.5, 0.6) is 5.75 Å². The van der Waals surface area contributed by atoms with Crippen molar-refractivity contribution in [1.82, 2.24) is 30.6 Å². The molecule has 1 aromatic heterocycles. The fourth-order valence-electron chi connectivity index (χ4n) is 7.93. The Kier molecular flexibility index (Phi) is 12.1. The fraction of sp³-hybridized carbons (Fsp3) is 0.500. The number of benzene rings is 2. The Labute approximate surface area is 340 Å². The maximum atomic E-state index is 15.2. The van der Waals surface area contributed by atoms with Crippen molar-refractivity contribution in [3.05, 3.63) is 54.0 Å². The predicted octanol–water partition coefficient (Wildman–Crippen LogP) is 3.59. The molecular weight excluding hydrogens is 772 g/mol. The number of nitrogens with zero attached hydrogens (tertiary/aromatic N) is 7. The SMILES string of the molecule is COc1cc(C(=O)NN2CCC(CN3CCN(c4ccc(NC5CCC(=O)NC5=O)cc4F)CC3)CC2)ccc1Nc1ncc2c(n1)N(C(C)C)CC(F)(F)C(=O)N2C. The molecule has 3 saturated heterocycles. The highest BCUT2D eigenvalue weighted by atomic mass is 19.3. The van der Waals surface area contributed by atoms with Gasteiger partial charge in [0.05, 0.1) is 31.2 Å². The number of hydrazine groups is 1. The third-order valence-corrected chi connectivity index (χ3v) is 11.3. The molecule has 4 aliphatic heterocycles. The van der Waals surface area contributed by atoms with Crippen LogP contribution >= 0.6 is 0 Å². The summed E-state index contributed by atoms with van der Waals surface area (Å²) < 4.78 is 50.3. The highest BCUT2D eigenvalue weighted by Crippen LogP contribution is 2.37. The fourth-order valence-corrected chi connectivity index (χ4v) is 7.93. The van der Waals surface area contributed by atoms with Crippen molar-refractivity contribution < 1.29 is 37.1 Å². The summed E-state index contributed by atoms with van der Waals surface area (Å²) in [6, 6.07) is 8.83. The Balaban J connectivity index is 0.878. The number of hydrogen-bond acceptors (Lipinski definition) is 13. The van der Waals surface area contributed by atoms with Crippen LogP contribution < -0.4 is 40.8 Å². The first-order chi connectivity index (χ1) is 28.2. The molecule has 59 heavy (non-hydrogen) atoms. The minimum absolute atomic E-state index is 0.0995. The molecule has 0 bridgehead atoms. The summed E-state index contributed by atoms with van der Waals surface area (Å²) in [4.78, 5) is 64.8. The third kappa shape index (κ3) is 9.30. The standard InChI is InChI=1S/C40H50F3N11O5/c1-24(2)54-23-40(42,43)38(58)50(3)32-21-44-39(48-35(32)54)46-29-7-5-26(19-33(29)59-4)36(56)49-53-13-11-25(12-14-53)22-51-15-17-52(18-16-51)31-9-6-27(20-28(31)41)45-30-8-10-34(55)47-37(30)57/h5-7,9,19-21,24-25,30,45H,8,10-18,22-23H2,1-4H3,(H,49,56)(H,44,46,48)(H,47,55,57). The van der Waals surface area contributed by atoms with E-state index in [1.165, 1.54) is 31.3 Å². The summed E-state index contributed by atoms with van der Waals surface area (Å²) in [6.07, 6.45) is 3.74. The molecule has 19 heteroatoms. The lowest BCUT2D eigenvalue weighted by molar-refractivity contribution is -0.140. The molecule has 0 aliphatic carbocycles. The summed E-state index contributed by atoms with van der Waals surface area (Å²) in [5.41, 5.74) is 5.01. The number of carbonyl (C=O) groups excluding carboxylic acids is 4. The van der Waals surface area contributed by atoms with Gasteiger partial charge in [-0.3, -0.25) is 34.8 Å². The van der Waals surface area contributed by atoms with E-state index in [9.17, 15) is 28.0 Å². The lowest BCUT2D eigenvalue weighted by Crippen LogP contribution is -2.51. The van der Waals surface area contributed by atoms with Crippen LogP contribution in [0.25, 0.3) is 0 Å². The van der Waals surface area contributed by atoms with Gasteiger partial charge in [-0.05, 0) is 75.4 Å². The molecule has 1 unspecified atom stereocenters. The molecule has 7 rings (SSSR count). The summed E-state index contributed by atoms with van der Waals surface area (Å²) in [7, 11) is 2.74. The number of fused-ring (bicyclic) bond motifs is 1. The van der Waals surface area contributed by atoms with E-state index < -0.39 is 30.3 Å². The zero-order chi connectivity index (χ0) is 42.0. The zero-order valence-corrected chi connectivity index (χ0v) is 33.6. The van der Waals surface area contributed by atoms with Crippen molar-refractivity contribution in [1.29, 1.82) is 0 Å². The normalized spacial score (nSPS) is 20.6. The van der Waals surface area contributed by atoms with Gasteiger partial charge in [-0.1, -0.05) is 0 Å². The molecule has 0 saturated carbocycles. The maximum Gasteiger partial charge on any atom is 0.342 e. The zero-order valence-electron chi connectivity index (χ0n) is 33.6. The number of carbonyl (C=O) groups is 4. The highest BCUT2D eigenvalue weighted by Gasteiger charge is 2.47. The molecule has 3 aromatic rings. The first kappa shape index (κ1) is 41.5. The smallest absolute Gasteiger partial charge is 0.342 e. The van der Waals surface area contributed by atoms with Crippen LogP contribution in [0.15, 0.2) is 42.6 Å². The first-order valence-corrected chi connectivity index (χ1v) is 19.9. The average molecular weight is 822 g/mol. The number of alkyl halides is 2. The summed E-state index contributed by atoms with van der Waals surface area (Å²) in [6.45, 7) is 7.92. The number of methoxy groups -OCH3 is 1. The Hall–Kier alpha value is -5.69. The number of piperidine rings is 2. The second-order valence-corrected chi connectivity index (χ2v) is 15.7. The number of imide groups is 1. The molecule has 0 radical (unpaired) electrons. The first-order valence-electron chi connectivity index (χ1n) is 19.9. The lowest BCUT2D eigenvalue weighted by Gasteiger charge is -2.39. The van der Waals surface area contributed by atoms with Gasteiger partial charge in [0.15, 0.2) is 5.82 Å². The molecule has 4 amide bonds. The molecule has 4 N–H and O–H groups in total. The van der Waals surface area contributed by atoms with E-state index >= 15 is 4.39 Å². The molecule has 4 aliphatic rings. The summed E-state index contributed by atoms with van der Waals surface area (Å²) in [5.74, 6) is -5.21. The van der Waals surface area contributed by atoms with E-state index in [-0.39, 0.29) is 47.5 Å². The van der Waals surface area contributed by atoms with Gasteiger partial charge in [0.25, 0.3) is 11.8 Å². The number of hydrogen-bond donors (Lipinski definition) is 4. The maximum absolute atomic E-state index is 15.2. The molecule has 16 nitrogen and oxygen atoms in total. The Morgan fingerprint density at radius 3 is 2.42 bits per heavy atom. The van der Waals surface area contributed by atoms with Crippen LogP contribution in [0, 0.1) is 11.7 Å². The number of piperazine rings is 1. The van der Waals surface area contributed by atoms with Crippen molar-refractivity contribution in [3.63, 3.8) is 0 Å². The monoisotopic (exact) mass is 821 g/mol. The van der Waals surface area contributed by atoms with E-state index in [2.05, 4.69) is 36.2 Å². The van der Waals surface area contributed by atoms with Crippen LogP contribution in [-0.2, 0) is 14.4 Å². The second-order valence-electron chi connectivity index (χ2n) is 15.7. The molecule has 316 valence electrons. The van der Waals surface area contributed by atoms with Gasteiger partial charge in [-0.15, -0.1) is 0 Å². The van der Waals surface area contributed by atoms with E-state index in [1.54, 1.807) is 44.2 Å². The van der Waals surface area contributed by atoms with Crippen LogP contribution in [-0.4, -0.2) is 128 Å². The third-order valence-electron chi connectivity index (χ3n) is 11.3. The van der Waals surface area contributed by atoms with Crippen molar-refractivity contribution in [2.45, 2.75) is 57.5 Å². The Morgan fingerprint density at radius 1 is 1.00 bits per heavy atom. The number of anilines is 6.